The van der Waals surface area contributed by atoms with Gasteiger partial charge in [-0.25, -0.2) is 0 Å². The van der Waals surface area contributed by atoms with Crippen molar-refractivity contribution in [2.24, 2.45) is 0 Å². The van der Waals surface area contributed by atoms with Gasteiger partial charge in [-0.15, -0.1) is 0 Å². The summed E-state index contributed by atoms with van der Waals surface area (Å²) in [6.07, 6.45) is 9.05. The second-order valence-corrected chi connectivity index (χ2v) is 18.6. The van der Waals surface area contributed by atoms with Gasteiger partial charge in [-0.1, -0.05) is 12.8 Å². The third kappa shape index (κ3) is 12.5. The zero-order chi connectivity index (χ0) is 42.7. The number of nitrogens with zero attached hydrogens (tertiary/aromatic N) is 2. The highest BCUT2D eigenvalue weighted by molar-refractivity contribution is 7.86. The van der Waals surface area contributed by atoms with Crippen LogP contribution >= 0.6 is 0 Å². The highest BCUT2D eigenvalue weighted by Crippen LogP contribution is 2.41. The van der Waals surface area contributed by atoms with Gasteiger partial charge in [0, 0.05) is 82.3 Å². The first-order valence-corrected chi connectivity index (χ1v) is 23.4. The van der Waals surface area contributed by atoms with E-state index in [4.69, 9.17) is 4.74 Å². The number of fused-ring (bicyclic) bond motifs is 2. The van der Waals surface area contributed by atoms with Crippen molar-refractivity contribution in [2.45, 2.75) is 139 Å². The number of hydrogen-bond donors (Lipinski definition) is 4. The van der Waals surface area contributed by atoms with Crippen LogP contribution in [0.1, 0.15) is 135 Å². The molecule has 0 radical (unpaired) electrons. The Morgan fingerprint density at radius 3 is 1.79 bits per heavy atom. The number of nitrogens with one attached hydrogen (secondary N) is 2. The average Bonchev–Trinajstić information content (AvgIpc) is 3.52. The van der Waals surface area contributed by atoms with E-state index >= 15 is 0 Å². The molecular formula is C42H62N4O10S2+2. The summed E-state index contributed by atoms with van der Waals surface area (Å²) in [5.41, 5.74) is 5.40. The van der Waals surface area contributed by atoms with Crippen molar-refractivity contribution in [1.29, 1.82) is 0 Å². The minimum absolute atomic E-state index is 0.0158. The van der Waals surface area contributed by atoms with Crippen LogP contribution in [0.4, 0.5) is 11.4 Å². The zero-order valence-corrected chi connectivity index (χ0v) is 36.3. The van der Waals surface area contributed by atoms with Crippen molar-refractivity contribution in [3.05, 3.63) is 47.5 Å². The molecule has 2 aliphatic rings. The molecule has 0 fully saturated rings. The van der Waals surface area contributed by atoms with Gasteiger partial charge in [-0.05, 0) is 83.6 Å². The van der Waals surface area contributed by atoms with Gasteiger partial charge in [0.2, 0.25) is 23.2 Å². The second kappa shape index (κ2) is 20.8. The molecule has 2 heterocycles. The van der Waals surface area contributed by atoms with Crippen molar-refractivity contribution in [2.75, 3.05) is 32.8 Å². The van der Waals surface area contributed by atoms with Crippen LogP contribution in [0, 0.1) is 0 Å². The first kappa shape index (κ1) is 46.7. The standard InChI is InChI=1S/C42H60N4O10S2/c1-6-56-41(49)19-13-9-14-26-45-30(2)34(35-28-32(57(50,51)52)20-22-37(35)45)16-10-7-11-17-39(47)43-24-25-44-40(48)18-12-8-15-27-46-31(3)42(4,5)36-29-33(58(53,54)55)21-23-38(36)46/h20-23,28-29,34H,6-19,24-27H2,1-5H3,(H2-2,43,44,47,48,50,51,52,53,54,55)/p+2. The summed E-state index contributed by atoms with van der Waals surface area (Å²) in [7, 11) is -8.65. The van der Waals surface area contributed by atoms with E-state index in [-0.39, 0.29) is 38.9 Å². The van der Waals surface area contributed by atoms with E-state index in [0.717, 1.165) is 98.4 Å². The number of hydrogen-bond acceptors (Lipinski definition) is 8. The number of rotatable bonds is 24. The summed E-state index contributed by atoms with van der Waals surface area (Å²) < 4.78 is 75.9. The first-order chi connectivity index (χ1) is 27.4. The van der Waals surface area contributed by atoms with E-state index in [9.17, 15) is 40.3 Å². The molecule has 0 aromatic heterocycles. The Morgan fingerprint density at radius 1 is 0.707 bits per heavy atom. The van der Waals surface area contributed by atoms with Crippen LogP contribution < -0.4 is 10.6 Å². The molecule has 2 aliphatic heterocycles. The van der Waals surface area contributed by atoms with Gasteiger partial charge in [0.05, 0.1) is 27.7 Å². The van der Waals surface area contributed by atoms with E-state index in [1.165, 1.54) is 12.1 Å². The number of carbonyl (C=O) groups is 3. The van der Waals surface area contributed by atoms with Gasteiger partial charge < -0.3 is 15.4 Å². The SMILES string of the molecule is CCOC(=O)CCCCC[N+]1=C(C)C(CCCCCC(=O)NCCNC(=O)CCCCC[N+]2=C(C)C(C)(C)c3cc(S(=O)(=O)O)ccc32)c2cc(S(=O)(=O)O)ccc21. The fourth-order valence-corrected chi connectivity index (χ4v) is 8.99. The van der Waals surface area contributed by atoms with Crippen LogP contribution in [0.2, 0.25) is 0 Å². The molecule has 0 saturated carbocycles. The molecule has 320 valence electrons. The van der Waals surface area contributed by atoms with E-state index in [1.54, 1.807) is 31.2 Å². The summed E-state index contributed by atoms with van der Waals surface area (Å²) >= 11 is 0. The number of ether oxygens (including phenoxy) is 1. The predicted octanol–water partition coefficient (Wildman–Crippen LogP) is 6.35. The molecule has 2 aromatic rings. The van der Waals surface area contributed by atoms with Gasteiger partial charge in [-0.2, -0.15) is 26.0 Å². The van der Waals surface area contributed by atoms with Crippen molar-refractivity contribution >= 4 is 60.8 Å². The molecule has 0 saturated heterocycles. The molecular weight excluding hydrogens is 785 g/mol. The maximum absolute atomic E-state index is 12.5. The van der Waals surface area contributed by atoms with Crippen LogP contribution in [-0.4, -0.2) is 97.1 Å². The fourth-order valence-electron chi connectivity index (χ4n) is 7.97. The molecule has 0 aliphatic carbocycles. The number of amides is 2. The van der Waals surface area contributed by atoms with Crippen LogP contribution in [0.5, 0.6) is 0 Å². The van der Waals surface area contributed by atoms with Gasteiger partial charge in [0.1, 0.15) is 13.1 Å². The quantitative estimate of drug-likeness (QED) is 0.0400. The van der Waals surface area contributed by atoms with Gasteiger partial charge in [0.25, 0.3) is 20.2 Å². The molecule has 4 rings (SSSR count). The molecule has 16 heteroatoms. The largest absolute Gasteiger partial charge is 0.466 e. The van der Waals surface area contributed by atoms with Gasteiger partial charge in [-0.3, -0.25) is 23.5 Å². The third-order valence-corrected chi connectivity index (χ3v) is 13.2. The van der Waals surface area contributed by atoms with Crippen LogP contribution in [0.3, 0.4) is 0 Å². The maximum atomic E-state index is 12.5. The lowest BCUT2D eigenvalue weighted by atomic mass is 9.82. The molecule has 1 unspecified atom stereocenters. The molecule has 2 amide bonds. The summed E-state index contributed by atoms with van der Waals surface area (Å²) in [6, 6.07) is 9.45. The van der Waals surface area contributed by atoms with Crippen molar-refractivity contribution in [3.8, 4) is 0 Å². The minimum atomic E-state index is -4.36. The molecule has 2 aromatic carbocycles. The normalized spacial score (nSPS) is 16.0. The van der Waals surface area contributed by atoms with Crippen molar-refractivity contribution in [3.63, 3.8) is 0 Å². The van der Waals surface area contributed by atoms with Crippen molar-refractivity contribution in [1.82, 2.24) is 10.6 Å². The lowest BCUT2D eigenvalue weighted by molar-refractivity contribution is -0.439. The Hall–Kier alpha value is -3.99. The van der Waals surface area contributed by atoms with E-state index in [2.05, 4.69) is 19.8 Å². The van der Waals surface area contributed by atoms with Gasteiger partial charge in [0.15, 0.2) is 11.4 Å². The highest BCUT2D eigenvalue weighted by atomic mass is 32.2. The van der Waals surface area contributed by atoms with Crippen LogP contribution in [0.15, 0.2) is 46.2 Å². The Labute approximate surface area is 344 Å². The summed E-state index contributed by atoms with van der Waals surface area (Å²) in [6.45, 7) is 12.4. The zero-order valence-electron chi connectivity index (χ0n) is 34.6. The average molecular weight is 847 g/mol. The minimum Gasteiger partial charge on any atom is -0.466 e. The van der Waals surface area contributed by atoms with Crippen molar-refractivity contribution < 1.29 is 54.2 Å². The smallest absolute Gasteiger partial charge is 0.305 e. The summed E-state index contributed by atoms with van der Waals surface area (Å²) in [5.74, 6) is -0.359. The lowest BCUT2D eigenvalue weighted by Crippen LogP contribution is -2.34. The Morgan fingerprint density at radius 2 is 1.22 bits per heavy atom. The summed E-state index contributed by atoms with van der Waals surface area (Å²) in [4.78, 5) is 36.3. The fraction of sp³-hybridized carbons (Fsp3) is 0.595. The maximum Gasteiger partial charge on any atom is 0.305 e. The van der Waals surface area contributed by atoms with E-state index < -0.39 is 20.2 Å². The Balaban J connectivity index is 1.11. The van der Waals surface area contributed by atoms with Crippen LogP contribution in [-0.2, 0) is 44.8 Å². The monoisotopic (exact) mass is 846 g/mol. The second-order valence-electron chi connectivity index (χ2n) is 15.8. The Kier molecular flexibility index (Phi) is 16.8. The van der Waals surface area contributed by atoms with E-state index in [1.807, 2.05) is 27.7 Å². The number of benzene rings is 2. The van der Waals surface area contributed by atoms with Crippen LogP contribution in [0.25, 0.3) is 0 Å². The first-order valence-electron chi connectivity index (χ1n) is 20.5. The predicted molar refractivity (Wildman–Crippen MR) is 222 cm³/mol. The topological polar surface area (TPSA) is 199 Å². The number of carbonyl (C=O) groups excluding carboxylic acids is 3. The molecule has 1 atom stereocenters. The third-order valence-electron chi connectivity index (χ3n) is 11.5. The lowest BCUT2D eigenvalue weighted by Gasteiger charge is -2.15. The highest BCUT2D eigenvalue weighted by Gasteiger charge is 2.43. The molecule has 0 bridgehead atoms. The molecule has 0 spiro atoms. The van der Waals surface area contributed by atoms with E-state index in [0.29, 0.717) is 51.8 Å². The van der Waals surface area contributed by atoms with Gasteiger partial charge >= 0.3 is 5.97 Å². The molecule has 4 N–H and O–H groups in total. The number of unbranched alkanes of at least 4 members (excludes halogenated alkanes) is 6. The summed E-state index contributed by atoms with van der Waals surface area (Å²) in [5, 5.41) is 5.74. The number of esters is 1. The molecule has 58 heavy (non-hydrogen) atoms. The Bertz CT molecular complexity index is 2110. The molecule has 14 nitrogen and oxygen atoms in total.